The number of aromatic amines is 1. The third kappa shape index (κ3) is 3.24. The highest BCUT2D eigenvalue weighted by Gasteiger charge is 2.26. The molecular formula is C19H21N3O3S. The summed E-state index contributed by atoms with van der Waals surface area (Å²) < 4.78 is 24.0. The molecule has 2 atom stereocenters. The number of hydrogen-bond donors (Lipinski definition) is 1. The SMILES string of the molecule is COCCC1Cc2cnc(CS(=O)c3nc4ccccc4[nH]3)c(C)c2O1. The zero-order valence-electron chi connectivity index (χ0n) is 14.8. The van der Waals surface area contributed by atoms with Crippen LogP contribution in [-0.4, -0.2) is 39.0 Å². The highest BCUT2D eigenvalue weighted by molar-refractivity contribution is 7.84. The number of benzene rings is 1. The van der Waals surface area contributed by atoms with Gasteiger partial charge >= 0.3 is 0 Å². The minimum Gasteiger partial charge on any atom is -0.489 e. The van der Waals surface area contributed by atoms with Gasteiger partial charge in [-0.1, -0.05) is 12.1 Å². The van der Waals surface area contributed by atoms with E-state index in [1.54, 1.807) is 7.11 Å². The predicted molar refractivity (Wildman–Crippen MR) is 99.8 cm³/mol. The lowest BCUT2D eigenvalue weighted by Gasteiger charge is -2.12. The molecule has 0 radical (unpaired) electrons. The summed E-state index contributed by atoms with van der Waals surface area (Å²) >= 11 is 0. The van der Waals surface area contributed by atoms with Crippen LogP contribution < -0.4 is 4.74 Å². The van der Waals surface area contributed by atoms with Crippen LogP contribution in [0.3, 0.4) is 0 Å². The number of nitrogens with one attached hydrogen (secondary N) is 1. The first-order valence-corrected chi connectivity index (χ1v) is 9.93. The lowest BCUT2D eigenvalue weighted by molar-refractivity contribution is 0.138. The van der Waals surface area contributed by atoms with E-state index in [9.17, 15) is 4.21 Å². The van der Waals surface area contributed by atoms with E-state index in [2.05, 4.69) is 15.0 Å². The fraction of sp³-hybridized carbons (Fsp3) is 0.368. The molecule has 1 N–H and O–H groups in total. The topological polar surface area (TPSA) is 77.1 Å². The van der Waals surface area contributed by atoms with Gasteiger partial charge in [0, 0.05) is 43.9 Å². The highest BCUT2D eigenvalue weighted by Crippen LogP contribution is 2.34. The predicted octanol–water partition coefficient (Wildman–Crippen LogP) is 2.91. The average Bonchev–Trinajstić information content (AvgIpc) is 3.26. The monoisotopic (exact) mass is 371 g/mol. The van der Waals surface area contributed by atoms with Gasteiger partial charge in [-0.05, 0) is 19.1 Å². The minimum absolute atomic E-state index is 0.126. The summed E-state index contributed by atoms with van der Waals surface area (Å²) in [7, 11) is 0.403. The van der Waals surface area contributed by atoms with Gasteiger partial charge in [-0.25, -0.2) is 4.98 Å². The zero-order valence-corrected chi connectivity index (χ0v) is 15.6. The Kier molecular flexibility index (Phi) is 4.74. The van der Waals surface area contributed by atoms with E-state index in [0.717, 1.165) is 46.4 Å². The zero-order chi connectivity index (χ0) is 18.1. The fourth-order valence-corrected chi connectivity index (χ4v) is 4.33. The number of ether oxygens (including phenoxy) is 2. The number of hydrogen-bond acceptors (Lipinski definition) is 5. The molecule has 0 bridgehead atoms. The Morgan fingerprint density at radius 3 is 3.04 bits per heavy atom. The Balaban J connectivity index is 1.53. The second-order valence-corrected chi connectivity index (χ2v) is 7.83. The third-order valence-electron chi connectivity index (χ3n) is 4.67. The Morgan fingerprint density at radius 1 is 1.38 bits per heavy atom. The van der Waals surface area contributed by atoms with Crippen molar-refractivity contribution < 1.29 is 13.7 Å². The van der Waals surface area contributed by atoms with E-state index in [1.807, 2.05) is 37.4 Å². The lowest BCUT2D eigenvalue weighted by atomic mass is 10.1. The Labute approximate surface area is 154 Å². The minimum atomic E-state index is -1.29. The Morgan fingerprint density at radius 2 is 2.23 bits per heavy atom. The smallest absolute Gasteiger partial charge is 0.197 e. The van der Waals surface area contributed by atoms with Gasteiger partial charge in [-0.2, -0.15) is 0 Å². The van der Waals surface area contributed by atoms with Crippen molar-refractivity contribution in [1.29, 1.82) is 0 Å². The first-order valence-electron chi connectivity index (χ1n) is 8.61. The van der Waals surface area contributed by atoms with Crippen LogP contribution in [0.1, 0.15) is 23.2 Å². The summed E-state index contributed by atoms with van der Waals surface area (Å²) in [6.07, 6.45) is 3.67. The van der Waals surface area contributed by atoms with E-state index in [-0.39, 0.29) is 6.10 Å². The van der Waals surface area contributed by atoms with E-state index < -0.39 is 10.8 Å². The summed E-state index contributed by atoms with van der Waals surface area (Å²) in [5.74, 6) is 1.20. The number of para-hydroxylation sites is 2. The van der Waals surface area contributed by atoms with E-state index in [4.69, 9.17) is 9.47 Å². The van der Waals surface area contributed by atoms with Gasteiger partial charge < -0.3 is 14.5 Å². The molecule has 1 aliphatic rings. The van der Waals surface area contributed by atoms with Crippen molar-refractivity contribution in [3.63, 3.8) is 0 Å². The number of H-pyrrole nitrogens is 1. The van der Waals surface area contributed by atoms with Crippen molar-refractivity contribution in [3.8, 4) is 5.75 Å². The van der Waals surface area contributed by atoms with Crippen LogP contribution in [0.15, 0.2) is 35.6 Å². The van der Waals surface area contributed by atoms with Gasteiger partial charge in [0.1, 0.15) is 11.9 Å². The maximum Gasteiger partial charge on any atom is 0.197 e. The maximum atomic E-state index is 12.8. The van der Waals surface area contributed by atoms with Crippen molar-refractivity contribution in [2.45, 2.75) is 36.8 Å². The highest BCUT2D eigenvalue weighted by atomic mass is 32.2. The quantitative estimate of drug-likeness (QED) is 0.721. The first-order chi connectivity index (χ1) is 12.7. The average molecular weight is 371 g/mol. The number of rotatable bonds is 6. The van der Waals surface area contributed by atoms with Crippen LogP contribution >= 0.6 is 0 Å². The molecule has 6 nitrogen and oxygen atoms in total. The second kappa shape index (κ2) is 7.17. The van der Waals surface area contributed by atoms with Gasteiger partial charge in [-0.15, -0.1) is 0 Å². The van der Waals surface area contributed by atoms with E-state index in [0.29, 0.717) is 17.5 Å². The van der Waals surface area contributed by atoms with Crippen LogP contribution in [0.25, 0.3) is 11.0 Å². The van der Waals surface area contributed by atoms with Crippen molar-refractivity contribution >= 4 is 21.8 Å². The normalized spacial score (nSPS) is 17.2. The molecule has 26 heavy (non-hydrogen) atoms. The van der Waals surface area contributed by atoms with Gasteiger partial charge in [0.25, 0.3) is 0 Å². The first kappa shape index (κ1) is 17.2. The molecule has 7 heteroatoms. The van der Waals surface area contributed by atoms with Gasteiger partial charge in [0.15, 0.2) is 5.16 Å². The molecule has 0 aliphatic carbocycles. The van der Waals surface area contributed by atoms with E-state index in [1.165, 1.54) is 0 Å². The molecular weight excluding hydrogens is 350 g/mol. The lowest BCUT2D eigenvalue weighted by Crippen LogP contribution is -2.15. The molecule has 0 amide bonds. The van der Waals surface area contributed by atoms with Crippen molar-refractivity contribution in [3.05, 3.63) is 47.3 Å². The summed E-state index contributed by atoms with van der Waals surface area (Å²) in [5.41, 5.74) is 4.57. The van der Waals surface area contributed by atoms with Gasteiger partial charge in [-0.3, -0.25) is 9.19 Å². The third-order valence-corrected chi connectivity index (χ3v) is 5.83. The summed E-state index contributed by atoms with van der Waals surface area (Å²) in [6.45, 7) is 2.66. The summed E-state index contributed by atoms with van der Waals surface area (Å²) in [5, 5.41) is 0.479. The van der Waals surface area contributed by atoms with Crippen LogP contribution in [0.2, 0.25) is 0 Å². The number of aromatic nitrogens is 3. The van der Waals surface area contributed by atoms with Crippen molar-refractivity contribution in [1.82, 2.24) is 15.0 Å². The number of imidazole rings is 1. The molecule has 0 spiro atoms. The van der Waals surface area contributed by atoms with Crippen LogP contribution in [0.5, 0.6) is 5.75 Å². The van der Waals surface area contributed by atoms with Crippen molar-refractivity contribution in [2.75, 3.05) is 13.7 Å². The molecule has 1 aromatic carbocycles. The maximum absolute atomic E-state index is 12.8. The summed E-state index contributed by atoms with van der Waals surface area (Å²) in [4.78, 5) is 12.1. The van der Waals surface area contributed by atoms with Crippen LogP contribution in [0.4, 0.5) is 0 Å². The molecule has 3 aromatic rings. The largest absolute Gasteiger partial charge is 0.489 e. The van der Waals surface area contributed by atoms with E-state index >= 15 is 0 Å². The fourth-order valence-electron chi connectivity index (χ4n) is 3.23. The van der Waals surface area contributed by atoms with Gasteiger partial charge in [0.05, 0.1) is 33.3 Å². The molecule has 4 rings (SSSR count). The van der Waals surface area contributed by atoms with Crippen LogP contribution in [-0.2, 0) is 27.7 Å². The molecule has 2 aromatic heterocycles. The molecule has 2 unspecified atom stereocenters. The molecule has 0 saturated heterocycles. The standard InChI is InChI=1S/C19H21N3O3S/c1-12-17(20-10-13-9-14(7-8-24-2)25-18(12)13)11-26(23)19-21-15-5-3-4-6-16(15)22-19/h3-6,10,14H,7-9,11H2,1-2H3,(H,21,22). The van der Waals surface area contributed by atoms with Crippen molar-refractivity contribution in [2.24, 2.45) is 0 Å². The Hall–Kier alpha value is -2.25. The molecule has 0 saturated carbocycles. The summed E-state index contributed by atoms with van der Waals surface area (Å²) in [6, 6.07) is 7.67. The molecule has 3 heterocycles. The molecule has 1 aliphatic heterocycles. The van der Waals surface area contributed by atoms with Crippen LogP contribution in [0, 0.1) is 6.92 Å². The number of methoxy groups -OCH3 is 1. The number of nitrogens with zero attached hydrogens (tertiary/aromatic N) is 2. The number of pyridine rings is 1. The Bertz CT molecular complexity index is 937. The second-order valence-electron chi connectivity index (χ2n) is 6.46. The van der Waals surface area contributed by atoms with Gasteiger partial charge in [0.2, 0.25) is 0 Å². The molecule has 136 valence electrons. The molecule has 0 fully saturated rings. The number of fused-ring (bicyclic) bond motifs is 2.